The highest BCUT2D eigenvalue weighted by Gasteiger charge is 2.24. The lowest BCUT2D eigenvalue weighted by atomic mass is 10.0. The van der Waals surface area contributed by atoms with E-state index in [0.717, 1.165) is 24.9 Å². The van der Waals surface area contributed by atoms with Gasteiger partial charge in [-0.15, -0.1) is 0 Å². The zero-order valence-electron chi connectivity index (χ0n) is 12.9. The highest BCUT2D eigenvalue weighted by molar-refractivity contribution is 6.30. The molecular weight excluding hydrogens is 274 g/mol. The third kappa shape index (κ3) is 4.37. The van der Waals surface area contributed by atoms with Gasteiger partial charge in [0.2, 0.25) is 0 Å². The van der Waals surface area contributed by atoms with Gasteiger partial charge in [0.1, 0.15) is 5.75 Å². The van der Waals surface area contributed by atoms with Gasteiger partial charge < -0.3 is 9.84 Å². The van der Waals surface area contributed by atoms with E-state index in [1.807, 2.05) is 6.07 Å². The summed E-state index contributed by atoms with van der Waals surface area (Å²) in [5, 5.41) is 10.7. The van der Waals surface area contributed by atoms with Crippen LogP contribution in [0.1, 0.15) is 45.2 Å². The molecule has 1 unspecified atom stereocenters. The molecule has 0 spiro atoms. The first-order chi connectivity index (χ1) is 9.54. The van der Waals surface area contributed by atoms with E-state index in [-0.39, 0.29) is 6.04 Å². The van der Waals surface area contributed by atoms with Crippen molar-refractivity contribution in [1.29, 1.82) is 0 Å². The maximum absolute atomic E-state index is 10.1. The number of phenols is 1. The molecule has 1 aromatic carbocycles. The number of hydrogen-bond donors (Lipinski definition) is 1. The fourth-order valence-corrected chi connectivity index (χ4v) is 2.87. The molecule has 1 atom stereocenters. The number of halogens is 1. The summed E-state index contributed by atoms with van der Waals surface area (Å²) in [5.74, 6) is 0.301. The summed E-state index contributed by atoms with van der Waals surface area (Å²) in [6.07, 6.45) is 2.15. The Morgan fingerprint density at radius 1 is 1.30 bits per heavy atom. The molecule has 0 aliphatic rings. The Balaban J connectivity index is 3.01. The lowest BCUT2D eigenvalue weighted by molar-refractivity contribution is 0.0845. The minimum Gasteiger partial charge on any atom is -0.508 e. The van der Waals surface area contributed by atoms with Gasteiger partial charge in [0.15, 0.2) is 0 Å². The van der Waals surface area contributed by atoms with Crippen molar-refractivity contribution < 1.29 is 9.84 Å². The van der Waals surface area contributed by atoms with Gasteiger partial charge in [-0.2, -0.15) is 0 Å². The van der Waals surface area contributed by atoms with Crippen molar-refractivity contribution in [3.63, 3.8) is 0 Å². The zero-order valence-corrected chi connectivity index (χ0v) is 13.7. The van der Waals surface area contributed by atoms with Gasteiger partial charge in [-0.1, -0.05) is 25.4 Å². The Morgan fingerprint density at radius 2 is 1.95 bits per heavy atom. The minimum absolute atomic E-state index is 0.105. The van der Waals surface area contributed by atoms with Crippen LogP contribution in [0.15, 0.2) is 18.2 Å². The molecule has 3 nitrogen and oxygen atoms in total. The van der Waals surface area contributed by atoms with Crippen molar-refractivity contribution in [2.45, 2.75) is 45.7 Å². The van der Waals surface area contributed by atoms with E-state index in [9.17, 15) is 5.11 Å². The smallest absolute Gasteiger partial charge is 0.120 e. The summed E-state index contributed by atoms with van der Waals surface area (Å²) < 4.78 is 5.22. The van der Waals surface area contributed by atoms with Crippen LogP contribution in [0.25, 0.3) is 0 Å². The third-order valence-corrected chi connectivity index (χ3v) is 4.14. The number of ether oxygens (including phenoxy) is 1. The molecular formula is C16H26ClNO2. The molecule has 0 saturated carbocycles. The molecule has 1 rings (SSSR count). The lowest BCUT2D eigenvalue weighted by Gasteiger charge is -2.36. The summed E-state index contributed by atoms with van der Waals surface area (Å²) in [6.45, 7) is 8.02. The fraction of sp³-hybridized carbons (Fsp3) is 0.625. The number of rotatable bonds is 8. The van der Waals surface area contributed by atoms with E-state index in [4.69, 9.17) is 16.3 Å². The normalized spacial score (nSPS) is 13.2. The van der Waals surface area contributed by atoms with Gasteiger partial charge in [0.25, 0.3) is 0 Å². The molecule has 0 saturated heterocycles. The Bertz CT molecular complexity index is 407. The van der Waals surface area contributed by atoms with E-state index in [1.165, 1.54) is 0 Å². The molecule has 0 aliphatic carbocycles. The molecule has 0 aliphatic heterocycles. The van der Waals surface area contributed by atoms with Gasteiger partial charge in [0.05, 0.1) is 6.61 Å². The molecule has 1 aromatic rings. The second-order valence-electron chi connectivity index (χ2n) is 5.08. The van der Waals surface area contributed by atoms with Crippen LogP contribution >= 0.6 is 11.6 Å². The molecule has 4 heteroatoms. The van der Waals surface area contributed by atoms with Gasteiger partial charge in [-0.25, -0.2) is 0 Å². The highest BCUT2D eigenvalue weighted by Crippen LogP contribution is 2.32. The van der Waals surface area contributed by atoms with Crippen LogP contribution in [0.4, 0.5) is 0 Å². The van der Waals surface area contributed by atoms with E-state index in [2.05, 4.69) is 25.7 Å². The number of phenolic OH excluding ortho intramolecular Hbond substituents is 1. The van der Waals surface area contributed by atoms with E-state index >= 15 is 0 Å². The summed E-state index contributed by atoms with van der Waals surface area (Å²) in [7, 11) is 1.71. The molecule has 0 amide bonds. The maximum atomic E-state index is 10.1. The van der Waals surface area contributed by atoms with Gasteiger partial charge in [-0.05, 0) is 38.0 Å². The zero-order chi connectivity index (χ0) is 15.1. The van der Waals surface area contributed by atoms with Crippen molar-refractivity contribution in [1.82, 2.24) is 4.90 Å². The second kappa shape index (κ2) is 8.50. The van der Waals surface area contributed by atoms with E-state index in [1.54, 1.807) is 19.2 Å². The van der Waals surface area contributed by atoms with Gasteiger partial charge >= 0.3 is 0 Å². The first-order valence-electron chi connectivity index (χ1n) is 7.28. The second-order valence-corrected chi connectivity index (χ2v) is 5.52. The average molecular weight is 300 g/mol. The first-order valence-corrected chi connectivity index (χ1v) is 7.65. The standard InChI is InChI=1S/C16H26ClNO2/c1-5-14(6-2)18(9-10-20-4)12(3)15-11-13(17)7-8-16(15)19/h7-8,11-12,14,19H,5-6,9-10H2,1-4H3. The van der Waals surface area contributed by atoms with Crippen molar-refractivity contribution in [2.75, 3.05) is 20.3 Å². The van der Waals surface area contributed by atoms with E-state index in [0.29, 0.717) is 23.4 Å². The number of benzene rings is 1. The Kier molecular flexibility index (Phi) is 7.35. The van der Waals surface area contributed by atoms with Crippen molar-refractivity contribution >= 4 is 11.6 Å². The largest absolute Gasteiger partial charge is 0.508 e. The quantitative estimate of drug-likeness (QED) is 0.779. The van der Waals surface area contributed by atoms with Crippen LogP contribution in [0, 0.1) is 0 Å². The molecule has 20 heavy (non-hydrogen) atoms. The predicted octanol–water partition coefficient (Wildman–Crippen LogP) is 4.24. The van der Waals surface area contributed by atoms with Crippen LogP contribution in [0.2, 0.25) is 5.02 Å². The Morgan fingerprint density at radius 3 is 2.50 bits per heavy atom. The molecule has 0 radical (unpaired) electrons. The molecule has 0 fully saturated rings. The van der Waals surface area contributed by atoms with Crippen molar-refractivity contribution in [2.24, 2.45) is 0 Å². The first kappa shape index (κ1) is 17.3. The summed E-state index contributed by atoms with van der Waals surface area (Å²) in [6, 6.07) is 5.80. The van der Waals surface area contributed by atoms with Gasteiger partial charge in [0, 0.05) is 36.3 Å². The Labute approximate surface area is 127 Å². The summed E-state index contributed by atoms with van der Waals surface area (Å²) in [5.41, 5.74) is 0.875. The van der Waals surface area contributed by atoms with Gasteiger partial charge in [-0.3, -0.25) is 4.90 Å². The third-order valence-electron chi connectivity index (χ3n) is 3.90. The van der Waals surface area contributed by atoms with Crippen LogP contribution in [0.5, 0.6) is 5.75 Å². The minimum atomic E-state index is 0.105. The number of aromatic hydroxyl groups is 1. The number of nitrogens with zero attached hydrogens (tertiary/aromatic N) is 1. The maximum Gasteiger partial charge on any atom is 0.120 e. The van der Waals surface area contributed by atoms with Crippen LogP contribution in [0.3, 0.4) is 0 Å². The SMILES string of the molecule is CCC(CC)N(CCOC)C(C)c1cc(Cl)ccc1O. The lowest BCUT2D eigenvalue weighted by Crippen LogP contribution is -2.39. The average Bonchev–Trinajstić information content (AvgIpc) is 2.45. The van der Waals surface area contributed by atoms with Crippen LogP contribution in [-0.4, -0.2) is 36.3 Å². The monoisotopic (exact) mass is 299 g/mol. The molecule has 0 bridgehead atoms. The van der Waals surface area contributed by atoms with Crippen molar-refractivity contribution in [3.05, 3.63) is 28.8 Å². The number of methoxy groups -OCH3 is 1. The van der Waals surface area contributed by atoms with Crippen molar-refractivity contribution in [3.8, 4) is 5.75 Å². The van der Waals surface area contributed by atoms with Crippen LogP contribution < -0.4 is 0 Å². The fourth-order valence-electron chi connectivity index (χ4n) is 2.69. The van der Waals surface area contributed by atoms with Crippen LogP contribution in [-0.2, 0) is 4.74 Å². The molecule has 0 aromatic heterocycles. The molecule has 0 heterocycles. The Hall–Kier alpha value is -0.770. The summed E-state index contributed by atoms with van der Waals surface area (Å²) >= 11 is 6.06. The summed E-state index contributed by atoms with van der Waals surface area (Å²) in [4.78, 5) is 2.38. The predicted molar refractivity (Wildman–Crippen MR) is 84.5 cm³/mol. The van der Waals surface area contributed by atoms with E-state index < -0.39 is 0 Å². The highest BCUT2D eigenvalue weighted by atomic mass is 35.5. The topological polar surface area (TPSA) is 32.7 Å². The number of hydrogen-bond acceptors (Lipinski definition) is 3. The molecule has 1 N–H and O–H groups in total. The molecule has 114 valence electrons.